The Morgan fingerprint density at radius 3 is 2.92 bits per heavy atom. The van der Waals surface area contributed by atoms with E-state index in [1.807, 2.05) is 13.0 Å². The molecular weight excluding hydrogens is 353 g/mol. The molecule has 1 saturated heterocycles. The van der Waals surface area contributed by atoms with Crippen LogP contribution in [0.1, 0.15) is 24.9 Å². The standard InChI is InChI=1S/C16H15Cl2N3O3/c1-2-11-7-22-16(24-11,6-14-19-8-20-21-14)13-4-9-3-10(17)5-12(18)15(9)23-13/h3-5,8,11H,2,6-7H2,1H3,(H,19,20,21). The van der Waals surface area contributed by atoms with E-state index in [1.54, 1.807) is 12.1 Å². The lowest BCUT2D eigenvalue weighted by molar-refractivity contribution is -0.188. The molecule has 1 aliphatic heterocycles. The third-order valence-electron chi connectivity index (χ3n) is 4.09. The Kier molecular flexibility index (Phi) is 4.00. The normalized spacial score (nSPS) is 24.0. The third-order valence-corrected chi connectivity index (χ3v) is 4.59. The molecule has 3 heterocycles. The predicted molar refractivity (Wildman–Crippen MR) is 89.1 cm³/mol. The van der Waals surface area contributed by atoms with Crippen molar-refractivity contribution in [3.05, 3.63) is 46.2 Å². The average Bonchev–Trinajstić information content (AvgIpc) is 3.26. The summed E-state index contributed by atoms with van der Waals surface area (Å²) < 4.78 is 18.2. The van der Waals surface area contributed by atoms with Gasteiger partial charge in [-0.25, -0.2) is 4.98 Å². The molecule has 2 atom stereocenters. The van der Waals surface area contributed by atoms with Crippen molar-refractivity contribution in [2.45, 2.75) is 31.7 Å². The zero-order valence-corrected chi connectivity index (χ0v) is 14.4. The molecule has 3 aromatic rings. The number of hydrogen-bond acceptors (Lipinski definition) is 5. The Labute approximate surface area is 148 Å². The first-order valence-electron chi connectivity index (χ1n) is 7.65. The number of rotatable bonds is 4. The van der Waals surface area contributed by atoms with Gasteiger partial charge in [-0.1, -0.05) is 30.1 Å². The molecule has 0 radical (unpaired) electrons. The zero-order valence-electron chi connectivity index (χ0n) is 12.9. The van der Waals surface area contributed by atoms with Crippen molar-refractivity contribution in [1.82, 2.24) is 15.2 Å². The van der Waals surface area contributed by atoms with Gasteiger partial charge < -0.3 is 13.9 Å². The van der Waals surface area contributed by atoms with Crippen LogP contribution in [0.3, 0.4) is 0 Å². The first-order valence-corrected chi connectivity index (χ1v) is 8.40. The number of H-pyrrole nitrogens is 1. The maximum atomic E-state index is 6.24. The second kappa shape index (κ2) is 6.04. The third kappa shape index (κ3) is 2.69. The van der Waals surface area contributed by atoms with Crippen LogP contribution < -0.4 is 0 Å². The van der Waals surface area contributed by atoms with Crippen molar-refractivity contribution >= 4 is 34.2 Å². The summed E-state index contributed by atoms with van der Waals surface area (Å²) in [5.41, 5.74) is 0.556. The van der Waals surface area contributed by atoms with Crippen LogP contribution in [-0.4, -0.2) is 27.9 Å². The summed E-state index contributed by atoms with van der Waals surface area (Å²) in [4.78, 5) is 4.17. The summed E-state index contributed by atoms with van der Waals surface area (Å²) in [5.74, 6) is 0.125. The largest absolute Gasteiger partial charge is 0.454 e. The SMILES string of the molecule is CCC1COC(Cc2ncn[nH]2)(c2cc3cc(Cl)cc(Cl)c3o2)O1. The van der Waals surface area contributed by atoms with Gasteiger partial charge in [0.1, 0.15) is 12.2 Å². The van der Waals surface area contributed by atoms with Crippen LogP contribution in [0.4, 0.5) is 0 Å². The first-order chi connectivity index (χ1) is 11.6. The monoisotopic (exact) mass is 367 g/mol. The van der Waals surface area contributed by atoms with Crippen molar-refractivity contribution in [3.8, 4) is 0 Å². The molecule has 126 valence electrons. The molecule has 2 aromatic heterocycles. The summed E-state index contributed by atoms with van der Waals surface area (Å²) in [6, 6.07) is 5.29. The summed E-state index contributed by atoms with van der Waals surface area (Å²) in [6.07, 6.45) is 2.63. The smallest absolute Gasteiger partial charge is 0.236 e. The van der Waals surface area contributed by atoms with E-state index in [0.29, 0.717) is 40.2 Å². The summed E-state index contributed by atoms with van der Waals surface area (Å²) >= 11 is 12.3. The van der Waals surface area contributed by atoms with Gasteiger partial charge in [0, 0.05) is 10.4 Å². The maximum Gasteiger partial charge on any atom is 0.236 e. The number of ether oxygens (including phenoxy) is 2. The van der Waals surface area contributed by atoms with E-state index >= 15 is 0 Å². The lowest BCUT2D eigenvalue weighted by atomic mass is 10.1. The fourth-order valence-corrected chi connectivity index (χ4v) is 3.42. The molecule has 1 N–H and O–H groups in total. The van der Waals surface area contributed by atoms with Gasteiger partial charge in [0.15, 0.2) is 11.3 Å². The van der Waals surface area contributed by atoms with Gasteiger partial charge in [-0.15, -0.1) is 0 Å². The molecule has 0 spiro atoms. The second-order valence-electron chi connectivity index (χ2n) is 5.74. The molecule has 0 aliphatic carbocycles. The first kappa shape index (κ1) is 15.9. The van der Waals surface area contributed by atoms with Gasteiger partial charge >= 0.3 is 0 Å². The fourth-order valence-electron chi connectivity index (χ4n) is 2.87. The number of fused-ring (bicyclic) bond motifs is 1. The number of aromatic nitrogens is 3. The molecule has 8 heteroatoms. The highest BCUT2D eigenvalue weighted by Gasteiger charge is 2.46. The molecule has 0 amide bonds. The highest BCUT2D eigenvalue weighted by Crippen LogP contribution is 2.41. The number of hydrogen-bond donors (Lipinski definition) is 1. The van der Waals surface area contributed by atoms with Crippen LogP contribution in [0.5, 0.6) is 0 Å². The molecule has 24 heavy (non-hydrogen) atoms. The molecule has 1 aromatic carbocycles. The summed E-state index contributed by atoms with van der Waals surface area (Å²) in [6.45, 7) is 2.53. The molecule has 0 saturated carbocycles. The second-order valence-corrected chi connectivity index (χ2v) is 6.58. The molecule has 1 fully saturated rings. The van der Waals surface area contributed by atoms with Crippen LogP contribution in [0.15, 0.2) is 28.9 Å². The molecular formula is C16H15Cl2N3O3. The van der Waals surface area contributed by atoms with Gasteiger partial charge in [0.25, 0.3) is 0 Å². The predicted octanol–water partition coefficient (Wildman–Crippen LogP) is 4.08. The Balaban J connectivity index is 1.80. The van der Waals surface area contributed by atoms with E-state index in [0.717, 1.165) is 11.8 Å². The lowest BCUT2D eigenvalue weighted by Crippen LogP contribution is -2.31. The van der Waals surface area contributed by atoms with Crippen LogP contribution in [0.25, 0.3) is 11.0 Å². The van der Waals surface area contributed by atoms with Crippen molar-refractivity contribution < 1.29 is 13.9 Å². The molecule has 4 rings (SSSR count). The van der Waals surface area contributed by atoms with Gasteiger partial charge in [-0.05, 0) is 24.6 Å². The minimum absolute atomic E-state index is 0.0137. The highest BCUT2D eigenvalue weighted by atomic mass is 35.5. The number of nitrogens with one attached hydrogen (secondary N) is 1. The van der Waals surface area contributed by atoms with Gasteiger partial charge in [0.2, 0.25) is 5.79 Å². The lowest BCUT2D eigenvalue weighted by Gasteiger charge is -2.24. The van der Waals surface area contributed by atoms with E-state index in [-0.39, 0.29) is 6.10 Å². The van der Waals surface area contributed by atoms with E-state index in [1.165, 1.54) is 6.33 Å². The highest BCUT2D eigenvalue weighted by molar-refractivity contribution is 6.38. The van der Waals surface area contributed by atoms with Crippen LogP contribution in [0, 0.1) is 0 Å². The Morgan fingerprint density at radius 1 is 1.33 bits per heavy atom. The Hall–Kier alpha value is -1.60. The topological polar surface area (TPSA) is 73.2 Å². The molecule has 1 aliphatic rings. The molecule has 0 bridgehead atoms. The number of furan rings is 1. The average molecular weight is 368 g/mol. The Morgan fingerprint density at radius 2 is 2.21 bits per heavy atom. The van der Waals surface area contributed by atoms with Gasteiger partial charge in [0.05, 0.1) is 24.2 Å². The maximum absolute atomic E-state index is 6.24. The summed E-state index contributed by atoms with van der Waals surface area (Å²) in [7, 11) is 0. The minimum atomic E-state index is -1.06. The van der Waals surface area contributed by atoms with Crippen molar-refractivity contribution in [2.75, 3.05) is 6.61 Å². The van der Waals surface area contributed by atoms with Crippen LogP contribution >= 0.6 is 23.2 Å². The van der Waals surface area contributed by atoms with Crippen LogP contribution in [0.2, 0.25) is 10.0 Å². The van der Waals surface area contributed by atoms with Crippen molar-refractivity contribution in [1.29, 1.82) is 0 Å². The minimum Gasteiger partial charge on any atom is -0.454 e. The van der Waals surface area contributed by atoms with Crippen molar-refractivity contribution in [3.63, 3.8) is 0 Å². The fraction of sp³-hybridized carbons (Fsp3) is 0.375. The van der Waals surface area contributed by atoms with Crippen molar-refractivity contribution in [2.24, 2.45) is 0 Å². The van der Waals surface area contributed by atoms with E-state index in [4.69, 9.17) is 37.1 Å². The summed E-state index contributed by atoms with van der Waals surface area (Å²) in [5, 5.41) is 8.51. The van der Waals surface area contributed by atoms with E-state index in [9.17, 15) is 0 Å². The van der Waals surface area contributed by atoms with E-state index in [2.05, 4.69) is 15.2 Å². The van der Waals surface area contributed by atoms with Gasteiger partial charge in [-0.2, -0.15) is 5.10 Å². The Bertz CT molecular complexity index is 865. The quantitative estimate of drug-likeness (QED) is 0.751. The number of halogens is 2. The zero-order chi connectivity index (χ0) is 16.7. The molecule has 6 nitrogen and oxygen atoms in total. The van der Waals surface area contributed by atoms with Gasteiger partial charge in [-0.3, -0.25) is 5.10 Å². The number of aromatic amines is 1. The number of nitrogens with zero attached hydrogens (tertiary/aromatic N) is 2. The molecule has 2 unspecified atom stereocenters. The van der Waals surface area contributed by atoms with Crippen LogP contribution in [-0.2, 0) is 21.7 Å². The number of benzene rings is 1. The van der Waals surface area contributed by atoms with E-state index < -0.39 is 5.79 Å².